The van der Waals surface area contributed by atoms with Crippen LogP contribution in [0.1, 0.15) is 31.7 Å². The van der Waals surface area contributed by atoms with Crippen LogP contribution in [0.5, 0.6) is 0 Å². The molecule has 1 aromatic heterocycles. The van der Waals surface area contributed by atoms with E-state index in [1.54, 1.807) is 13.0 Å². The molecule has 3 heterocycles. The van der Waals surface area contributed by atoms with Crippen LogP contribution >= 0.6 is 12.2 Å². The van der Waals surface area contributed by atoms with E-state index in [2.05, 4.69) is 5.32 Å². The number of hydrogen-bond acceptors (Lipinski definition) is 4. The average molecular weight is 425 g/mol. The Morgan fingerprint density at radius 3 is 2.63 bits per heavy atom. The molecule has 0 spiro atoms. The van der Waals surface area contributed by atoms with E-state index >= 15 is 0 Å². The number of thiocarbonyl (C=S) groups is 1. The zero-order valence-electron chi connectivity index (χ0n) is 16.9. The van der Waals surface area contributed by atoms with Crippen molar-refractivity contribution in [1.82, 2.24) is 19.7 Å². The van der Waals surface area contributed by atoms with Gasteiger partial charge in [0.2, 0.25) is 5.91 Å². The minimum Gasteiger partial charge on any atom is -0.341 e. The number of nitrogens with one attached hydrogen (secondary N) is 1. The van der Waals surface area contributed by atoms with Crippen molar-refractivity contribution in [2.45, 2.75) is 32.7 Å². The van der Waals surface area contributed by atoms with E-state index in [1.807, 2.05) is 39.9 Å². The average Bonchev–Trinajstić information content (AvgIpc) is 3.09. The Bertz CT molecular complexity index is 1070. The van der Waals surface area contributed by atoms with Gasteiger partial charge in [0.1, 0.15) is 12.1 Å². The van der Waals surface area contributed by atoms with E-state index in [-0.39, 0.29) is 23.1 Å². The number of benzene rings is 1. The summed E-state index contributed by atoms with van der Waals surface area (Å²) in [4.78, 5) is 41.2. The van der Waals surface area contributed by atoms with Crippen molar-refractivity contribution in [3.8, 4) is 0 Å². The lowest BCUT2D eigenvalue weighted by Gasteiger charge is -2.27. The Kier molecular flexibility index (Phi) is 5.67. The summed E-state index contributed by atoms with van der Waals surface area (Å²) < 4.78 is 1.89. The molecule has 0 saturated carbocycles. The molecule has 2 aromatic rings. The van der Waals surface area contributed by atoms with Crippen molar-refractivity contribution in [3.63, 3.8) is 0 Å². The van der Waals surface area contributed by atoms with Crippen LogP contribution in [0.2, 0.25) is 0 Å². The normalized spacial score (nSPS) is 19.0. The molecule has 2 aliphatic heterocycles. The first-order chi connectivity index (χ1) is 14.5. The molecular formula is C22H24N4O3S. The molecule has 2 aliphatic rings. The number of carbonyl (C=O) groups is 3. The van der Waals surface area contributed by atoms with E-state index in [4.69, 9.17) is 12.2 Å². The van der Waals surface area contributed by atoms with Gasteiger partial charge < -0.3 is 9.47 Å². The van der Waals surface area contributed by atoms with Crippen LogP contribution in [0.3, 0.4) is 0 Å². The SMILES string of the molecule is CCN1C(=O)/C(=C/c2cn(CC(=O)N3CCCCC3)c3ccccc23)C(=O)NC1=S. The van der Waals surface area contributed by atoms with E-state index in [0.717, 1.165) is 42.4 Å². The van der Waals surface area contributed by atoms with Crippen molar-refractivity contribution >= 4 is 52.0 Å². The van der Waals surface area contributed by atoms with Gasteiger partial charge in [-0.1, -0.05) is 18.2 Å². The molecule has 7 nitrogen and oxygen atoms in total. The van der Waals surface area contributed by atoms with Crippen LogP contribution in [-0.4, -0.2) is 56.8 Å². The van der Waals surface area contributed by atoms with E-state index < -0.39 is 11.8 Å². The smallest absolute Gasteiger partial charge is 0.265 e. The Balaban J connectivity index is 1.69. The Labute approximate surface area is 180 Å². The monoisotopic (exact) mass is 424 g/mol. The highest BCUT2D eigenvalue weighted by Crippen LogP contribution is 2.25. The van der Waals surface area contributed by atoms with Crippen molar-refractivity contribution in [2.24, 2.45) is 0 Å². The largest absolute Gasteiger partial charge is 0.341 e. The lowest BCUT2D eigenvalue weighted by molar-refractivity contribution is -0.132. The Morgan fingerprint density at radius 2 is 1.90 bits per heavy atom. The minimum atomic E-state index is -0.504. The van der Waals surface area contributed by atoms with Gasteiger partial charge in [-0.3, -0.25) is 24.6 Å². The molecule has 1 aromatic carbocycles. The molecule has 0 aliphatic carbocycles. The van der Waals surface area contributed by atoms with Crippen molar-refractivity contribution < 1.29 is 14.4 Å². The summed E-state index contributed by atoms with van der Waals surface area (Å²) in [6.07, 6.45) is 6.68. The fourth-order valence-electron chi connectivity index (χ4n) is 4.05. The van der Waals surface area contributed by atoms with Crippen LogP contribution in [0.15, 0.2) is 36.0 Å². The molecule has 8 heteroatoms. The molecule has 0 unspecified atom stereocenters. The quantitative estimate of drug-likeness (QED) is 0.464. The number of aromatic nitrogens is 1. The third kappa shape index (κ3) is 3.75. The van der Waals surface area contributed by atoms with Crippen molar-refractivity contribution in [1.29, 1.82) is 0 Å². The molecular weight excluding hydrogens is 400 g/mol. The lowest BCUT2D eigenvalue weighted by atomic mass is 10.1. The Hall–Kier alpha value is -3.00. The molecule has 4 rings (SSSR count). The minimum absolute atomic E-state index is 0.0377. The predicted octanol–water partition coefficient (Wildman–Crippen LogP) is 2.30. The molecule has 30 heavy (non-hydrogen) atoms. The van der Waals surface area contributed by atoms with E-state index in [9.17, 15) is 14.4 Å². The van der Waals surface area contributed by atoms with Gasteiger partial charge in [-0.25, -0.2) is 0 Å². The van der Waals surface area contributed by atoms with E-state index in [1.165, 1.54) is 11.3 Å². The molecule has 0 radical (unpaired) electrons. The summed E-state index contributed by atoms with van der Waals surface area (Å²) in [6, 6.07) is 7.68. The highest BCUT2D eigenvalue weighted by molar-refractivity contribution is 7.80. The molecule has 1 N–H and O–H groups in total. The maximum atomic E-state index is 12.8. The summed E-state index contributed by atoms with van der Waals surface area (Å²) in [5.41, 5.74) is 1.65. The second-order valence-electron chi connectivity index (χ2n) is 7.54. The number of amides is 3. The maximum absolute atomic E-state index is 12.8. The first-order valence-electron chi connectivity index (χ1n) is 10.2. The third-order valence-corrected chi connectivity index (χ3v) is 5.96. The van der Waals surface area contributed by atoms with Crippen molar-refractivity contribution in [3.05, 3.63) is 41.6 Å². The second kappa shape index (κ2) is 8.39. The summed E-state index contributed by atoms with van der Waals surface area (Å²) in [5, 5.41) is 3.58. The summed E-state index contributed by atoms with van der Waals surface area (Å²) in [5.74, 6) is -0.827. The molecule has 2 fully saturated rings. The van der Waals surface area contributed by atoms with Gasteiger partial charge in [0, 0.05) is 42.3 Å². The summed E-state index contributed by atoms with van der Waals surface area (Å²) >= 11 is 5.09. The fraction of sp³-hybridized carbons (Fsp3) is 0.364. The number of para-hydroxylation sites is 1. The first kappa shape index (κ1) is 20.3. The molecule has 2 saturated heterocycles. The van der Waals surface area contributed by atoms with Crippen LogP contribution < -0.4 is 5.32 Å². The molecule has 0 atom stereocenters. The fourth-order valence-corrected chi connectivity index (χ4v) is 4.35. The topological polar surface area (TPSA) is 74.7 Å². The van der Waals surface area contributed by atoms with Crippen molar-refractivity contribution in [2.75, 3.05) is 19.6 Å². The standard InChI is InChI=1S/C22H24N4O3S/c1-2-26-21(29)17(20(28)23-22(26)30)12-15-13-25(18-9-5-4-8-16(15)18)14-19(27)24-10-6-3-7-11-24/h4-5,8-9,12-13H,2-3,6-7,10-11,14H2,1H3,(H,23,28,30)/b17-12+. The van der Waals surface area contributed by atoms with Gasteiger partial charge in [0.25, 0.3) is 11.8 Å². The van der Waals surface area contributed by atoms with Gasteiger partial charge >= 0.3 is 0 Å². The number of fused-ring (bicyclic) bond motifs is 1. The van der Waals surface area contributed by atoms with Crippen LogP contribution in [0.4, 0.5) is 0 Å². The highest BCUT2D eigenvalue weighted by atomic mass is 32.1. The summed E-state index contributed by atoms with van der Waals surface area (Å²) in [7, 11) is 0. The van der Waals surface area contributed by atoms with Gasteiger partial charge in [-0.2, -0.15) is 0 Å². The van der Waals surface area contributed by atoms with Crippen LogP contribution in [0, 0.1) is 0 Å². The molecule has 0 bridgehead atoms. The van der Waals surface area contributed by atoms with Gasteiger partial charge in [-0.15, -0.1) is 0 Å². The highest BCUT2D eigenvalue weighted by Gasteiger charge is 2.32. The number of rotatable bonds is 4. The second-order valence-corrected chi connectivity index (χ2v) is 7.92. The van der Waals surface area contributed by atoms with Gasteiger partial charge in [0.15, 0.2) is 5.11 Å². The van der Waals surface area contributed by atoms with Crippen LogP contribution in [-0.2, 0) is 20.9 Å². The number of hydrogen-bond donors (Lipinski definition) is 1. The summed E-state index contributed by atoms with van der Waals surface area (Å²) in [6.45, 7) is 4.01. The lowest BCUT2D eigenvalue weighted by Crippen LogP contribution is -2.53. The van der Waals surface area contributed by atoms with Crippen LogP contribution in [0.25, 0.3) is 17.0 Å². The maximum Gasteiger partial charge on any atom is 0.265 e. The number of carbonyl (C=O) groups excluding carboxylic acids is 3. The molecule has 156 valence electrons. The third-order valence-electron chi connectivity index (χ3n) is 5.64. The Morgan fingerprint density at radius 1 is 1.17 bits per heavy atom. The number of likely N-dealkylation sites (tertiary alicyclic amines) is 1. The molecule has 3 amide bonds. The number of likely N-dealkylation sites (N-methyl/N-ethyl adjacent to an activating group) is 1. The first-order valence-corrected chi connectivity index (χ1v) is 10.6. The number of nitrogens with zero attached hydrogens (tertiary/aromatic N) is 3. The van der Waals surface area contributed by atoms with Gasteiger partial charge in [-0.05, 0) is 50.5 Å². The zero-order valence-corrected chi connectivity index (χ0v) is 17.7. The number of piperidine rings is 1. The zero-order chi connectivity index (χ0) is 21.3. The van der Waals surface area contributed by atoms with E-state index in [0.29, 0.717) is 6.54 Å². The predicted molar refractivity (Wildman–Crippen MR) is 118 cm³/mol. The van der Waals surface area contributed by atoms with Gasteiger partial charge in [0.05, 0.1) is 0 Å².